The smallest absolute Gasteiger partial charge is 0.244 e. The number of benzene rings is 1. The van der Waals surface area contributed by atoms with Crippen molar-refractivity contribution in [2.75, 3.05) is 19.6 Å². The van der Waals surface area contributed by atoms with Gasteiger partial charge in [0.2, 0.25) is 5.91 Å². The maximum absolute atomic E-state index is 12.9. The molecule has 1 heterocycles. The highest BCUT2D eigenvalue weighted by atomic mass is 35.5. The first-order valence-corrected chi connectivity index (χ1v) is 6.66. The van der Waals surface area contributed by atoms with Gasteiger partial charge in [0.05, 0.1) is 0 Å². The van der Waals surface area contributed by atoms with Gasteiger partial charge < -0.3 is 10.6 Å². The quantitative estimate of drug-likeness (QED) is 0.838. The van der Waals surface area contributed by atoms with E-state index in [-0.39, 0.29) is 24.1 Å². The first kappa shape index (κ1) is 16.7. The summed E-state index contributed by atoms with van der Waals surface area (Å²) in [6.45, 7) is 2.77. The lowest BCUT2D eigenvalue weighted by Gasteiger charge is -2.22. The third kappa shape index (κ3) is 5.72. The van der Waals surface area contributed by atoms with Gasteiger partial charge in [0, 0.05) is 12.6 Å². The lowest BCUT2D eigenvalue weighted by Crippen LogP contribution is -2.35. The molecule has 5 heteroatoms. The predicted octanol–water partition coefficient (Wildman–Crippen LogP) is 2.38. The third-order valence-corrected chi connectivity index (χ3v) is 3.30. The molecule has 1 aliphatic heterocycles. The van der Waals surface area contributed by atoms with Gasteiger partial charge in [0.1, 0.15) is 5.82 Å². The minimum atomic E-state index is -0.294. The molecule has 0 radical (unpaired) electrons. The Bertz CT molecular complexity index is 459. The van der Waals surface area contributed by atoms with Gasteiger partial charge in [-0.2, -0.15) is 0 Å². The maximum atomic E-state index is 12.9. The normalized spacial score (nSPS) is 15.8. The molecule has 2 N–H and O–H groups in total. The molecule has 0 aliphatic carbocycles. The van der Waals surface area contributed by atoms with Crippen LogP contribution in [0, 0.1) is 11.7 Å². The number of carbonyl (C=O) groups is 1. The Morgan fingerprint density at radius 3 is 2.85 bits per heavy atom. The lowest BCUT2D eigenvalue weighted by molar-refractivity contribution is -0.116. The Morgan fingerprint density at radius 2 is 2.15 bits per heavy atom. The molecule has 0 unspecified atom stereocenters. The molecule has 3 nitrogen and oxygen atoms in total. The Kier molecular flexibility index (Phi) is 7.26. The molecule has 0 spiro atoms. The van der Waals surface area contributed by atoms with Crippen LogP contribution in [0.4, 0.5) is 4.39 Å². The number of hydrogen-bond donors (Lipinski definition) is 2. The van der Waals surface area contributed by atoms with Crippen LogP contribution < -0.4 is 10.6 Å². The van der Waals surface area contributed by atoms with Gasteiger partial charge >= 0.3 is 0 Å². The molecule has 1 saturated heterocycles. The topological polar surface area (TPSA) is 41.1 Å². The summed E-state index contributed by atoms with van der Waals surface area (Å²) in [5.74, 6) is 0.146. The maximum Gasteiger partial charge on any atom is 0.244 e. The highest BCUT2D eigenvalue weighted by Crippen LogP contribution is 2.10. The number of rotatable bonds is 4. The second-order valence-corrected chi connectivity index (χ2v) is 4.83. The Labute approximate surface area is 125 Å². The molecule has 1 amide bonds. The van der Waals surface area contributed by atoms with E-state index in [0.717, 1.165) is 25.9 Å². The summed E-state index contributed by atoms with van der Waals surface area (Å²) in [7, 11) is 0. The van der Waals surface area contributed by atoms with Gasteiger partial charge in [-0.1, -0.05) is 12.1 Å². The molecule has 1 aromatic rings. The first-order valence-electron chi connectivity index (χ1n) is 6.66. The first-order chi connectivity index (χ1) is 9.24. The van der Waals surface area contributed by atoms with Crippen LogP contribution in [0.15, 0.2) is 30.3 Å². The van der Waals surface area contributed by atoms with E-state index in [4.69, 9.17) is 0 Å². The zero-order valence-corrected chi connectivity index (χ0v) is 12.1. The van der Waals surface area contributed by atoms with Crippen molar-refractivity contribution in [1.82, 2.24) is 10.6 Å². The summed E-state index contributed by atoms with van der Waals surface area (Å²) < 4.78 is 12.9. The lowest BCUT2D eigenvalue weighted by atomic mass is 9.98. The number of amides is 1. The van der Waals surface area contributed by atoms with Crippen molar-refractivity contribution in [2.45, 2.75) is 12.8 Å². The fourth-order valence-corrected chi connectivity index (χ4v) is 2.17. The molecular weight excluding hydrogens is 279 g/mol. The second-order valence-electron chi connectivity index (χ2n) is 4.83. The van der Waals surface area contributed by atoms with Crippen LogP contribution in [0.2, 0.25) is 0 Å². The molecule has 110 valence electrons. The zero-order chi connectivity index (χ0) is 13.5. The number of halogens is 2. The predicted molar refractivity (Wildman–Crippen MR) is 81.3 cm³/mol. The molecule has 1 aromatic carbocycles. The zero-order valence-electron chi connectivity index (χ0n) is 11.3. The van der Waals surface area contributed by atoms with Crippen LogP contribution in [0.25, 0.3) is 6.08 Å². The standard InChI is InChI=1S/C15H19FN2O.ClH/c16-14-3-1-2-12(10-14)4-5-15(19)18-11-13-6-8-17-9-7-13;/h1-5,10,13,17H,6-9,11H2,(H,18,19);1H/b5-4+;. The van der Waals surface area contributed by atoms with Gasteiger partial charge in [-0.15, -0.1) is 12.4 Å². The fraction of sp³-hybridized carbons (Fsp3) is 0.400. The van der Waals surface area contributed by atoms with Crippen molar-refractivity contribution in [3.8, 4) is 0 Å². The van der Waals surface area contributed by atoms with Crippen molar-refractivity contribution < 1.29 is 9.18 Å². The van der Waals surface area contributed by atoms with Crippen LogP contribution >= 0.6 is 12.4 Å². The van der Waals surface area contributed by atoms with Crippen molar-refractivity contribution in [3.05, 3.63) is 41.7 Å². The van der Waals surface area contributed by atoms with Crippen molar-refractivity contribution in [3.63, 3.8) is 0 Å². The van der Waals surface area contributed by atoms with Crippen LogP contribution in [0.5, 0.6) is 0 Å². The molecule has 0 aromatic heterocycles. The highest BCUT2D eigenvalue weighted by molar-refractivity contribution is 5.91. The van der Waals surface area contributed by atoms with Gasteiger partial charge in [-0.3, -0.25) is 4.79 Å². The van der Waals surface area contributed by atoms with E-state index in [2.05, 4.69) is 10.6 Å². The SMILES string of the molecule is Cl.O=C(/C=C/c1cccc(F)c1)NCC1CCNCC1. The number of nitrogens with one attached hydrogen (secondary N) is 2. The van der Waals surface area contributed by atoms with Crippen LogP contribution in [-0.4, -0.2) is 25.5 Å². The van der Waals surface area contributed by atoms with Gasteiger partial charge in [0.15, 0.2) is 0 Å². The molecule has 0 bridgehead atoms. The van der Waals surface area contributed by atoms with E-state index in [0.29, 0.717) is 18.0 Å². The Hall–Kier alpha value is -1.39. The molecule has 0 atom stereocenters. The summed E-state index contributed by atoms with van der Waals surface area (Å²) in [4.78, 5) is 11.6. The van der Waals surface area contributed by atoms with Crippen molar-refractivity contribution >= 4 is 24.4 Å². The van der Waals surface area contributed by atoms with E-state index in [9.17, 15) is 9.18 Å². The van der Waals surface area contributed by atoms with E-state index in [1.54, 1.807) is 18.2 Å². The summed E-state index contributed by atoms with van der Waals surface area (Å²) in [5, 5.41) is 6.18. The fourth-order valence-electron chi connectivity index (χ4n) is 2.17. The summed E-state index contributed by atoms with van der Waals surface area (Å²) in [6, 6.07) is 6.17. The molecule has 2 rings (SSSR count). The van der Waals surface area contributed by atoms with E-state index in [1.807, 2.05) is 0 Å². The van der Waals surface area contributed by atoms with Crippen molar-refractivity contribution in [1.29, 1.82) is 0 Å². The van der Waals surface area contributed by atoms with E-state index >= 15 is 0 Å². The van der Waals surface area contributed by atoms with Crippen LogP contribution in [-0.2, 0) is 4.79 Å². The Balaban J connectivity index is 0.00000200. The molecule has 0 saturated carbocycles. The minimum Gasteiger partial charge on any atom is -0.352 e. The van der Waals surface area contributed by atoms with Crippen molar-refractivity contribution in [2.24, 2.45) is 5.92 Å². The van der Waals surface area contributed by atoms with Crippen LogP contribution in [0.1, 0.15) is 18.4 Å². The van der Waals surface area contributed by atoms with Gasteiger partial charge in [0.25, 0.3) is 0 Å². The number of piperidine rings is 1. The number of carbonyl (C=O) groups excluding carboxylic acids is 1. The molecule has 20 heavy (non-hydrogen) atoms. The average Bonchev–Trinajstić information content (AvgIpc) is 2.44. The highest BCUT2D eigenvalue weighted by Gasteiger charge is 2.12. The minimum absolute atomic E-state index is 0. The summed E-state index contributed by atoms with van der Waals surface area (Å²) in [6.07, 6.45) is 5.29. The largest absolute Gasteiger partial charge is 0.352 e. The van der Waals surface area contributed by atoms with Gasteiger partial charge in [-0.05, 0) is 55.6 Å². The van der Waals surface area contributed by atoms with E-state index in [1.165, 1.54) is 18.2 Å². The monoisotopic (exact) mass is 298 g/mol. The van der Waals surface area contributed by atoms with Crippen LogP contribution in [0.3, 0.4) is 0 Å². The summed E-state index contributed by atoms with van der Waals surface area (Å²) in [5.41, 5.74) is 0.692. The third-order valence-electron chi connectivity index (χ3n) is 3.30. The van der Waals surface area contributed by atoms with E-state index < -0.39 is 0 Å². The second kappa shape index (κ2) is 8.72. The molecular formula is C15H20ClFN2O. The average molecular weight is 299 g/mol. The molecule has 1 fully saturated rings. The summed E-state index contributed by atoms with van der Waals surface area (Å²) >= 11 is 0. The number of hydrogen-bond acceptors (Lipinski definition) is 2. The van der Waals surface area contributed by atoms with Gasteiger partial charge in [-0.25, -0.2) is 4.39 Å². The Morgan fingerprint density at radius 1 is 1.40 bits per heavy atom. The molecule has 1 aliphatic rings.